The van der Waals surface area contributed by atoms with E-state index in [1.807, 2.05) is 30.3 Å². The second-order valence-corrected chi connectivity index (χ2v) is 9.75. The van der Waals surface area contributed by atoms with Crippen molar-refractivity contribution in [2.75, 3.05) is 36.5 Å². The standard InChI is InChI=1S/C20H25ClN2O4S2/c1-27-19-11-10-16(15-18(19)21)23(29(2,25)26)13-6-9-20(24)22-12-14-28-17-7-4-3-5-8-17/h3-5,7-8,10-11,15H,6,9,12-14H2,1-2H3,(H,22,24). The molecular formula is C20H25ClN2O4S2. The molecule has 0 unspecified atom stereocenters. The van der Waals surface area contributed by atoms with E-state index in [2.05, 4.69) is 5.32 Å². The van der Waals surface area contributed by atoms with E-state index in [0.29, 0.717) is 29.4 Å². The molecule has 2 aromatic carbocycles. The predicted molar refractivity (Wildman–Crippen MR) is 120 cm³/mol. The smallest absolute Gasteiger partial charge is 0.232 e. The summed E-state index contributed by atoms with van der Waals surface area (Å²) >= 11 is 7.78. The Morgan fingerprint density at radius 1 is 1.21 bits per heavy atom. The van der Waals surface area contributed by atoms with Gasteiger partial charge in [-0.15, -0.1) is 11.8 Å². The Bertz CT molecular complexity index is 908. The van der Waals surface area contributed by atoms with Crippen molar-refractivity contribution in [2.24, 2.45) is 0 Å². The Labute approximate surface area is 181 Å². The van der Waals surface area contributed by atoms with E-state index in [0.717, 1.165) is 16.9 Å². The van der Waals surface area contributed by atoms with E-state index in [1.54, 1.807) is 30.0 Å². The monoisotopic (exact) mass is 456 g/mol. The molecule has 1 amide bonds. The van der Waals surface area contributed by atoms with Crippen LogP contribution in [0.4, 0.5) is 5.69 Å². The summed E-state index contributed by atoms with van der Waals surface area (Å²) in [6, 6.07) is 14.8. The number of thioether (sulfide) groups is 1. The lowest BCUT2D eigenvalue weighted by Gasteiger charge is -2.23. The molecule has 2 rings (SSSR count). The average Bonchev–Trinajstić information content (AvgIpc) is 2.68. The van der Waals surface area contributed by atoms with Crippen molar-refractivity contribution < 1.29 is 17.9 Å². The van der Waals surface area contributed by atoms with Gasteiger partial charge in [-0.2, -0.15) is 0 Å². The molecule has 0 radical (unpaired) electrons. The molecule has 29 heavy (non-hydrogen) atoms. The summed E-state index contributed by atoms with van der Waals surface area (Å²) in [7, 11) is -2.01. The van der Waals surface area contributed by atoms with Crippen molar-refractivity contribution in [1.82, 2.24) is 5.32 Å². The van der Waals surface area contributed by atoms with Crippen LogP contribution < -0.4 is 14.4 Å². The number of benzene rings is 2. The van der Waals surface area contributed by atoms with Crippen LogP contribution in [0.3, 0.4) is 0 Å². The normalized spacial score (nSPS) is 11.1. The molecule has 158 valence electrons. The van der Waals surface area contributed by atoms with Crippen molar-refractivity contribution in [3.8, 4) is 5.75 Å². The maximum atomic E-state index is 12.2. The summed E-state index contributed by atoms with van der Waals surface area (Å²) in [6.07, 6.45) is 1.77. The van der Waals surface area contributed by atoms with E-state index in [9.17, 15) is 13.2 Å². The quantitative estimate of drug-likeness (QED) is 0.411. The van der Waals surface area contributed by atoms with Gasteiger partial charge in [-0.25, -0.2) is 8.42 Å². The van der Waals surface area contributed by atoms with Gasteiger partial charge in [-0.3, -0.25) is 9.10 Å². The van der Waals surface area contributed by atoms with E-state index in [-0.39, 0.29) is 18.9 Å². The molecular weight excluding hydrogens is 432 g/mol. The molecule has 9 heteroatoms. The molecule has 0 heterocycles. The largest absolute Gasteiger partial charge is 0.495 e. The van der Waals surface area contributed by atoms with Gasteiger partial charge in [0.2, 0.25) is 15.9 Å². The predicted octanol–water partition coefficient (Wildman–Crippen LogP) is 3.80. The van der Waals surface area contributed by atoms with Crippen LogP contribution in [0, 0.1) is 0 Å². The lowest BCUT2D eigenvalue weighted by molar-refractivity contribution is -0.121. The Morgan fingerprint density at radius 3 is 2.55 bits per heavy atom. The number of carbonyl (C=O) groups excluding carboxylic acids is 1. The van der Waals surface area contributed by atoms with Gasteiger partial charge in [0.25, 0.3) is 0 Å². The lowest BCUT2D eigenvalue weighted by atomic mass is 10.2. The number of methoxy groups -OCH3 is 1. The van der Waals surface area contributed by atoms with Crippen molar-refractivity contribution >= 4 is 45.0 Å². The molecule has 0 bridgehead atoms. The van der Waals surface area contributed by atoms with Crippen molar-refractivity contribution in [3.05, 3.63) is 53.6 Å². The van der Waals surface area contributed by atoms with Gasteiger partial charge in [0.05, 0.1) is 24.1 Å². The van der Waals surface area contributed by atoms with Crippen LogP contribution in [0.15, 0.2) is 53.4 Å². The van der Waals surface area contributed by atoms with Crippen LogP contribution in [-0.2, 0) is 14.8 Å². The number of hydrogen-bond acceptors (Lipinski definition) is 5. The van der Waals surface area contributed by atoms with Crippen molar-refractivity contribution in [2.45, 2.75) is 17.7 Å². The van der Waals surface area contributed by atoms with Crippen LogP contribution in [0.5, 0.6) is 5.75 Å². The molecule has 6 nitrogen and oxygen atoms in total. The number of rotatable bonds is 11. The van der Waals surface area contributed by atoms with Crippen molar-refractivity contribution in [3.63, 3.8) is 0 Å². The van der Waals surface area contributed by atoms with Crippen LogP contribution >= 0.6 is 23.4 Å². The average molecular weight is 457 g/mol. The summed E-state index contributed by atoms with van der Waals surface area (Å²) in [5.41, 5.74) is 0.443. The Kier molecular flexibility index (Phi) is 9.13. The van der Waals surface area contributed by atoms with Gasteiger partial charge in [0.1, 0.15) is 5.75 Å². The molecule has 0 aliphatic heterocycles. The van der Waals surface area contributed by atoms with Gasteiger partial charge in [-0.1, -0.05) is 29.8 Å². The van der Waals surface area contributed by atoms with E-state index < -0.39 is 10.0 Å². The zero-order valence-corrected chi connectivity index (χ0v) is 18.8. The number of sulfonamides is 1. The molecule has 0 saturated carbocycles. The topological polar surface area (TPSA) is 75.7 Å². The molecule has 2 aromatic rings. The van der Waals surface area contributed by atoms with Gasteiger partial charge in [0.15, 0.2) is 0 Å². The summed E-state index contributed by atoms with van der Waals surface area (Å²) in [5.74, 6) is 1.15. The fourth-order valence-corrected chi connectivity index (χ4v) is 4.64. The van der Waals surface area contributed by atoms with Gasteiger partial charge in [-0.05, 0) is 36.8 Å². The van der Waals surface area contributed by atoms with Crippen LogP contribution in [0.1, 0.15) is 12.8 Å². The molecule has 1 N–H and O–H groups in total. The number of carbonyl (C=O) groups is 1. The number of hydrogen-bond donors (Lipinski definition) is 1. The number of nitrogens with zero attached hydrogens (tertiary/aromatic N) is 1. The number of ether oxygens (including phenoxy) is 1. The molecule has 0 aliphatic carbocycles. The Balaban J connectivity index is 1.80. The second-order valence-electron chi connectivity index (χ2n) is 6.27. The van der Waals surface area contributed by atoms with Crippen LogP contribution in [0.2, 0.25) is 5.02 Å². The Morgan fingerprint density at radius 2 is 1.93 bits per heavy atom. The number of anilines is 1. The molecule has 0 aromatic heterocycles. The van der Waals surface area contributed by atoms with Gasteiger partial charge in [0, 0.05) is 30.2 Å². The fourth-order valence-electron chi connectivity index (χ4n) is 2.64. The molecule has 0 aliphatic rings. The zero-order chi connectivity index (χ0) is 21.3. The summed E-state index contributed by atoms with van der Waals surface area (Å²) in [4.78, 5) is 13.2. The third-order valence-corrected chi connectivity index (χ3v) is 6.53. The first-order chi connectivity index (χ1) is 13.8. The second kappa shape index (κ2) is 11.3. The number of nitrogens with one attached hydrogen (secondary N) is 1. The number of halogens is 1. The molecule has 0 spiro atoms. The Hall–Kier alpha value is -1.90. The van der Waals surface area contributed by atoms with Gasteiger partial charge >= 0.3 is 0 Å². The highest BCUT2D eigenvalue weighted by molar-refractivity contribution is 7.99. The molecule has 0 fully saturated rings. The highest BCUT2D eigenvalue weighted by Crippen LogP contribution is 2.30. The highest BCUT2D eigenvalue weighted by atomic mass is 35.5. The first-order valence-corrected chi connectivity index (χ1v) is 12.3. The highest BCUT2D eigenvalue weighted by Gasteiger charge is 2.19. The molecule has 0 saturated heterocycles. The minimum atomic E-state index is -3.50. The van der Waals surface area contributed by atoms with E-state index >= 15 is 0 Å². The zero-order valence-electron chi connectivity index (χ0n) is 16.4. The van der Waals surface area contributed by atoms with Crippen molar-refractivity contribution in [1.29, 1.82) is 0 Å². The lowest BCUT2D eigenvalue weighted by Crippen LogP contribution is -2.32. The third-order valence-electron chi connectivity index (χ3n) is 4.02. The fraction of sp³-hybridized carbons (Fsp3) is 0.350. The third kappa shape index (κ3) is 7.79. The molecule has 0 atom stereocenters. The summed E-state index contributed by atoms with van der Waals surface area (Å²) in [5, 5.41) is 3.19. The maximum absolute atomic E-state index is 12.2. The summed E-state index contributed by atoms with van der Waals surface area (Å²) < 4.78 is 30.7. The van der Waals surface area contributed by atoms with Gasteiger partial charge < -0.3 is 10.1 Å². The van der Waals surface area contributed by atoms with E-state index in [4.69, 9.17) is 16.3 Å². The van der Waals surface area contributed by atoms with Crippen LogP contribution in [0.25, 0.3) is 0 Å². The first-order valence-electron chi connectivity index (χ1n) is 9.07. The minimum Gasteiger partial charge on any atom is -0.495 e. The SMILES string of the molecule is COc1ccc(N(CCCC(=O)NCCSc2ccccc2)S(C)(=O)=O)cc1Cl. The van der Waals surface area contributed by atoms with Crippen LogP contribution in [-0.4, -0.2) is 46.5 Å². The van der Waals surface area contributed by atoms with E-state index in [1.165, 1.54) is 11.4 Å². The minimum absolute atomic E-state index is 0.0973. The first kappa shape index (κ1) is 23.4. The summed E-state index contributed by atoms with van der Waals surface area (Å²) in [6.45, 7) is 0.746. The maximum Gasteiger partial charge on any atom is 0.232 e. The number of amides is 1.